The minimum Gasteiger partial charge on any atom is -0.356 e. The summed E-state index contributed by atoms with van der Waals surface area (Å²) in [6, 6.07) is 0.0589. The Labute approximate surface area is 138 Å². The van der Waals surface area contributed by atoms with Crippen LogP contribution in [0.1, 0.15) is 25.7 Å². The van der Waals surface area contributed by atoms with E-state index < -0.39 is 10.0 Å². The maximum Gasteiger partial charge on any atom is 0.208 e. The second-order valence-corrected chi connectivity index (χ2v) is 7.33. The highest BCUT2D eigenvalue weighted by molar-refractivity contribution is 14.0. The van der Waals surface area contributed by atoms with E-state index in [1.165, 1.54) is 12.7 Å². The first kappa shape index (κ1) is 18.0. The van der Waals surface area contributed by atoms with E-state index in [1.54, 1.807) is 0 Å². The Balaban J connectivity index is 0.00000200. The minimum atomic E-state index is -3.12. The molecule has 2 atom stereocenters. The number of likely N-dealkylation sites (N-methyl/N-ethyl adjacent to an activating group) is 1. The zero-order valence-electron chi connectivity index (χ0n) is 12.1. The van der Waals surface area contributed by atoms with Crippen LogP contribution in [0.2, 0.25) is 0 Å². The predicted molar refractivity (Wildman–Crippen MR) is 92.1 cm³/mol. The van der Waals surface area contributed by atoms with Gasteiger partial charge in [-0.15, -0.1) is 24.0 Å². The zero-order chi connectivity index (χ0) is 13.9. The average molecular weight is 416 g/mol. The van der Waals surface area contributed by atoms with Gasteiger partial charge in [0.25, 0.3) is 0 Å². The monoisotopic (exact) mass is 416 g/mol. The van der Waals surface area contributed by atoms with E-state index >= 15 is 0 Å². The van der Waals surface area contributed by atoms with Crippen molar-refractivity contribution < 1.29 is 8.42 Å². The van der Waals surface area contributed by atoms with Gasteiger partial charge in [0.2, 0.25) is 10.0 Å². The number of nitrogens with one attached hydrogen (secondary N) is 2. The van der Waals surface area contributed by atoms with Crippen LogP contribution < -0.4 is 10.0 Å². The van der Waals surface area contributed by atoms with Crippen molar-refractivity contribution in [3.63, 3.8) is 0 Å². The summed E-state index contributed by atoms with van der Waals surface area (Å²) in [5, 5.41) is 3.36. The summed E-state index contributed by atoms with van der Waals surface area (Å²) in [5.41, 5.74) is 0. The van der Waals surface area contributed by atoms with Crippen LogP contribution in [-0.4, -0.2) is 58.3 Å². The van der Waals surface area contributed by atoms with Crippen molar-refractivity contribution >= 4 is 40.0 Å². The SMILES string of the molecule is CN1CCN=C1NCC1CCCCC1NS(C)(=O)=O.I. The number of rotatable bonds is 4. The van der Waals surface area contributed by atoms with E-state index in [-0.39, 0.29) is 30.0 Å². The van der Waals surface area contributed by atoms with Crippen molar-refractivity contribution in [3.05, 3.63) is 0 Å². The Morgan fingerprint density at radius 2 is 2.05 bits per heavy atom. The molecule has 6 nitrogen and oxygen atoms in total. The number of aliphatic imine (C=N–C) groups is 1. The third-order valence-corrected chi connectivity index (χ3v) is 4.59. The molecule has 1 aliphatic heterocycles. The molecule has 0 radical (unpaired) electrons. The number of hydrogen-bond acceptors (Lipinski definition) is 5. The van der Waals surface area contributed by atoms with Gasteiger partial charge in [-0.05, 0) is 18.8 Å². The Kier molecular flexibility index (Phi) is 6.99. The lowest BCUT2D eigenvalue weighted by atomic mass is 9.85. The molecule has 0 bridgehead atoms. The lowest BCUT2D eigenvalue weighted by Gasteiger charge is -2.32. The summed E-state index contributed by atoms with van der Waals surface area (Å²) in [6.07, 6.45) is 5.51. The van der Waals surface area contributed by atoms with E-state index in [9.17, 15) is 8.42 Å². The van der Waals surface area contributed by atoms with E-state index in [1.807, 2.05) is 7.05 Å². The lowest BCUT2D eigenvalue weighted by Crippen LogP contribution is -2.47. The molecule has 1 fully saturated rings. The largest absolute Gasteiger partial charge is 0.356 e. The van der Waals surface area contributed by atoms with Gasteiger partial charge >= 0.3 is 0 Å². The summed E-state index contributed by atoms with van der Waals surface area (Å²) in [5.74, 6) is 1.28. The molecule has 118 valence electrons. The Bertz CT molecular complexity index is 441. The molecule has 20 heavy (non-hydrogen) atoms. The molecular formula is C12H25IN4O2S. The van der Waals surface area contributed by atoms with E-state index in [4.69, 9.17) is 0 Å². The zero-order valence-corrected chi connectivity index (χ0v) is 15.3. The van der Waals surface area contributed by atoms with E-state index in [0.29, 0.717) is 5.92 Å². The van der Waals surface area contributed by atoms with Gasteiger partial charge in [0.05, 0.1) is 12.8 Å². The van der Waals surface area contributed by atoms with Crippen molar-refractivity contribution in [1.82, 2.24) is 14.9 Å². The highest BCUT2D eigenvalue weighted by Crippen LogP contribution is 2.24. The Hall–Kier alpha value is -0.0900. The van der Waals surface area contributed by atoms with Gasteiger partial charge in [-0.2, -0.15) is 0 Å². The first-order chi connectivity index (χ1) is 8.96. The van der Waals surface area contributed by atoms with Crippen LogP contribution in [0.5, 0.6) is 0 Å². The summed E-state index contributed by atoms with van der Waals surface area (Å²) in [4.78, 5) is 6.49. The number of halogens is 1. The van der Waals surface area contributed by atoms with Crippen LogP contribution in [0, 0.1) is 5.92 Å². The van der Waals surface area contributed by atoms with Crippen molar-refractivity contribution in [3.8, 4) is 0 Å². The summed E-state index contributed by atoms with van der Waals surface area (Å²) in [7, 11) is -1.10. The van der Waals surface area contributed by atoms with Gasteiger partial charge in [0.1, 0.15) is 0 Å². The molecule has 0 aromatic heterocycles. The fraction of sp³-hybridized carbons (Fsp3) is 0.917. The molecule has 0 spiro atoms. The van der Waals surface area contributed by atoms with Crippen LogP contribution in [0.4, 0.5) is 0 Å². The Morgan fingerprint density at radius 1 is 1.35 bits per heavy atom. The van der Waals surface area contributed by atoms with Gasteiger partial charge in [0.15, 0.2) is 5.96 Å². The fourth-order valence-corrected chi connectivity index (χ4v) is 3.69. The van der Waals surface area contributed by atoms with E-state index in [2.05, 4.69) is 19.9 Å². The highest BCUT2D eigenvalue weighted by Gasteiger charge is 2.27. The van der Waals surface area contributed by atoms with Gasteiger partial charge in [-0.3, -0.25) is 4.99 Å². The third kappa shape index (κ3) is 5.36. The minimum absolute atomic E-state index is 0. The standard InChI is InChI=1S/C12H24N4O2S.HI/c1-16-8-7-13-12(16)14-9-10-5-3-4-6-11(10)15-19(2,17)18;/h10-11,15H,3-9H2,1-2H3,(H,13,14);1H. The Morgan fingerprint density at radius 3 is 2.65 bits per heavy atom. The van der Waals surface area contributed by atoms with Crippen molar-refractivity contribution in [1.29, 1.82) is 0 Å². The van der Waals surface area contributed by atoms with Crippen LogP contribution in [-0.2, 0) is 10.0 Å². The highest BCUT2D eigenvalue weighted by atomic mass is 127. The summed E-state index contributed by atoms with van der Waals surface area (Å²) >= 11 is 0. The topological polar surface area (TPSA) is 73.8 Å². The number of hydrogen-bond donors (Lipinski definition) is 2. The predicted octanol–water partition coefficient (Wildman–Crippen LogP) is 0.603. The van der Waals surface area contributed by atoms with Gasteiger partial charge in [-0.25, -0.2) is 13.1 Å². The van der Waals surface area contributed by atoms with Crippen LogP contribution in [0.25, 0.3) is 0 Å². The molecule has 2 aliphatic rings. The molecule has 2 rings (SSSR count). The third-order valence-electron chi connectivity index (χ3n) is 3.86. The van der Waals surface area contributed by atoms with Crippen molar-refractivity contribution in [2.75, 3.05) is 32.9 Å². The van der Waals surface area contributed by atoms with Crippen molar-refractivity contribution in [2.45, 2.75) is 31.7 Å². The maximum atomic E-state index is 11.4. The van der Waals surface area contributed by atoms with Crippen LogP contribution >= 0.6 is 24.0 Å². The molecule has 0 saturated heterocycles. The average Bonchev–Trinajstić information content (AvgIpc) is 2.72. The summed E-state index contributed by atoms with van der Waals surface area (Å²) in [6.45, 7) is 2.59. The lowest BCUT2D eigenvalue weighted by molar-refractivity contribution is 0.287. The smallest absolute Gasteiger partial charge is 0.208 e. The molecule has 2 N–H and O–H groups in total. The number of sulfonamides is 1. The molecule has 1 saturated carbocycles. The second kappa shape index (κ2) is 7.79. The molecule has 0 aromatic carbocycles. The van der Waals surface area contributed by atoms with Gasteiger partial charge in [-0.1, -0.05) is 12.8 Å². The molecule has 2 unspecified atom stereocenters. The normalized spacial score (nSPS) is 26.9. The molecule has 1 heterocycles. The maximum absolute atomic E-state index is 11.4. The first-order valence-electron chi connectivity index (χ1n) is 6.92. The molecule has 0 aromatic rings. The molecule has 0 amide bonds. The number of guanidine groups is 1. The van der Waals surface area contributed by atoms with Crippen LogP contribution in [0.15, 0.2) is 4.99 Å². The van der Waals surface area contributed by atoms with Crippen molar-refractivity contribution in [2.24, 2.45) is 10.9 Å². The van der Waals surface area contributed by atoms with Gasteiger partial charge < -0.3 is 10.2 Å². The molecule has 8 heteroatoms. The van der Waals surface area contributed by atoms with E-state index in [0.717, 1.165) is 44.9 Å². The summed E-state index contributed by atoms with van der Waals surface area (Å²) < 4.78 is 25.6. The fourth-order valence-electron chi connectivity index (χ4n) is 2.83. The second-order valence-electron chi connectivity index (χ2n) is 5.55. The molecule has 1 aliphatic carbocycles. The number of nitrogens with zero attached hydrogens (tertiary/aromatic N) is 2. The molecular weight excluding hydrogens is 391 g/mol. The quantitative estimate of drug-likeness (QED) is 0.659. The first-order valence-corrected chi connectivity index (χ1v) is 8.81. The van der Waals surface area contributed by atoms with Gasteiger partial charge in [0, 0.05) is 26.2 Å². The van der Waals surface area contributed by atoms with Crippen LogP contribution in [0.3, 0.4) is 0 Å².